The van der Waals surface area contributed by atoms with Crippen LogP contribution in [-0.2, 0) is 19.1 Å². The first-order chi connectivity index (χ1) is 16.9. The number of amides is 2. The minimum Gasteiger partial charge on any atom is -0.466 e. The van der Waals surface area contributed by atoms with Gasteiger partial charge in [0.15, 0.2) is 0 Å². The monoisotopic (exact) mass is 484 g/mol. The fourth-order valence-corrected chi connectivity index (χ4v) is 5.81. The van der Waals surface area contributed by atoms with E-state index >= 15 is 0 Å². The van der Waals surface area contributed by atoms with Crippen LogP contribution in [-0.4, -0.2) is 53.1 Å². The highest BCUT2D eigenvalue weighted by atomic mass is 16.5. The Hall–Kier alpha value is -2.67. The lowest BCUT2D eigenvalue weighted by Crippen LogP contribution is -2.51. The first-order valence-electron chi connectivity index (χ1n) is 13.0. The molecule has 1 heterocycles. The van der Waals surface area contributed by atoms with Crippen LogP contribution in [0.5, 0.6) is 0 Å². The van der Waals surface area contributed by atoms with E-state index in [0.29, 0.717) is 0 Å². The first kappa shape index (κ1) is 26.9. The molecule has 1 aliphatic heterocycles. The van der Waals surface area contributed by atoms with Gasteiger partial charge >= 0.3 is 5.97 Å². The van der Waals surface area contributed by atoms with E-state index in [1.807, 2.05) is 56.3 Å². The van der Waals surface area contributed by atoms with Gasteiger partial charge < -0.3 is 20.1 Å². The maximum Gasteiger partial charge on any atom is 0.310 e. The number of aliphatic hydroxyl groups is 1. The van der Waals surface area contributed by atoms with Crippen LogP contribution in [0, 0.1) is 23.7 Å². The number of aliphatic hydroxyl groups excluding tert-OH is 1. The summed E-state index contributed by atoms with van der Waals surface area (Å²) in [6.45, 7) is 7.73. The number of likely N-dealkylation sites (tertiary alicyclic amines) is 1. The van der Waals surface area contributed by atoms with Crippen LogP contribution in [0.3, 0.4) is 0 Å². The third-order valence-corrected chi connectivity index (χ3v) is 7.30. The average molecular weight is 485 g/mol. The summed E-state index contributed by atoms with van der Waals surface area (Å²) in [5.74, 6) is -2.87. The molecule has 192 valence electrons. The van der Waals surface area contributed by atoms with Crippen LogP contribution >= 0.6 is 0 Å². The molecule has 35 heavy (non-hydrogen) atoms. The predicted molar refractivity (Wildman–Crippen MR) is 134 cm³/mol. The summed E-state index contributed by atoms with van der Waals surface area (Å²) < 4.78 is 5.42. The SMILES string of the molecule is CCCC(C)NC(=O)[C@@H]1[C@H]2C=C[C@@H](CCC)[C@@H](C(=O)OCC)[C@@H]2C(=O)N1[C@H](CO)c1ccccc1. The van der Waals surface area contributed by atoms with Gasteiger partial charge in [-0.05, 0) is 38.2 Å². The molecule has 2 aliphatic rings. The number of nitrogens with one attached hydrogen (secondary N) is 1. The third-order valence-electron chi connectivity index (χ3n) is 7.30. The van der Waals surface area contributed by atoms with Crippen molar-refractivity contribution in [3.8, 4) is 0 Å². The van der Waals surface area contributed by atoms with E-state index in [4.69, 9.17) is 4.74 Å². The molecule has 2 N–H and O–H groups in total. The molecule has 1 saturated heterocycles. The molecule has 7 nitrogen and oxygen atoms in total. The van der Waals surface area contributed by atoms with Crippen LogP contribution in [0.1, 0.15) is 65.0 Å². The van der Waals surface area contributed by atoms with Crippen molar-refractivity contribution in [3.63, 3.8) is 0 Å². The molecular formula is C28H40N2O5. The number of hydrogen-bond donors (Lipinski definition) is 2. The first-order valence-corrected chi connectivity index (χ1v) is 13.0. The van der Waals surface area contributed by atoms with E-state index in [2.05, 4.69) is 12.2 Å². The number of allylic oxidation sites excluding steroid dienone is 1. The smallest absolute Gasteiger partial charge is 0.310 e. The maximum atomic E-state index is 14.1. The van der Waals surface area contributed by atoms with Crippen LogP contribution in [0.4, 0.5) is 0 Å². The minimum atomic E-state index is -0.820. The Kier molecular flexibility index (Phi) is 9.49. The number of ether oxygens (including phenoxy) is 1. The summed E-state index contributed by atoms with van der Waals surface area (Å²) in [4.78, 5) is 42.4. The Bertz CT molecular complexity index is 902. The van der Waals surface area contributed by atoms with E-state index < -0.39 is 29.8 Å². The van der Waals surface area contributed by atoms with Crippen molar-refractivity contribution >= 4 is 17.8 Å². The van der Waals surface area contributed by atoms with E-state index in [-0.39, 0.29) is 43.0 Å². The Morgan fingerprint density at radius 1 is 1.11 bits per heavy atom. The molecule has 1 aromatic rings. The third kappa shape index (κ3) is 5.61. The molecule has 1 fully saturated rings. The maximum absolute atomic E-state index is 14.1. The van der Waals surface area contributed by atoms with Crippen molar-refractivity contribution in [2.45, 2.75) is 71.5 Å². The zero-order valence-corrected chi connectivity index (χ0v) is 21.4. The van der Waals surface area contributed by atoms with Crippen molar-refractivity contribution < 1.29 is 24.2 Å². The predicted octanol–water partition coefficient (Wildman–Crippen LogP) is 3.63. The highest BCUT2D eigenvalue weighted by Gasteiger charge is 2.59. The summed E-state index contributed by atoms with van der Waals surface area (Å²) in [6.07, 6.45) is 7.31. The van der Waals surface area contributed by atoms with Crippen molar-refractivity contribution in [2.75, 3.05) is 13.2 Å². The standard InChI is InChI=1S/C28H40N2O5/c1-5-11-18(4)29-26(32)25-21-16-15-20(12-6-2)23(28(34)35-7-3)24(21)27(33)30(25)22(17-31)19-13-9-8-10-14-19/h8-10,13-16,18,20-25,31H,5-7,11-12,17H2,1-4H3,(H,29,32)/t18?,20-,21+,22-,23-,24-,25+/m1/s1. The van der Waals surface area contributed by atoms with Crippen molar-refractivity contribution in [1.29, 1.82) is 0 Å². The molecule has 3 rings (SSSR count). The van der Waals surface area contributed by atoms with Gasteiger partial charge in [0.05, 0.1) is 31.1 Å². The minimum absolute atomic E-state index is 0.0472. The normalized spacial score (nSPS) is 27.3. The van der Waals surface area contributed by atoms with Gasteiger partial charge in [0, 0.05) is 12.0 Å². The highest BCUT2D eigenvalue weighted by Crippen LogP contribution is 2.48. The van der Waals surface area contributed by atoms with Crippen molar-refractivity contribution in [2.24, 2.45) is 23.7 Å². The van der Waals surface area contributed by atoms with E-state index in [1.165, 1.54) is 4.90 Å². The fraction of sp³-hybridized carbons (Fsp3) is 0.607. The molecule has 7 atom stereocenters. The van der Waals surface area contributed by atoms with Gasteiger partial charge in [-0.15, -0.1) is 0 Å². The summed E-state index contributed by atoms with van der Waals surface area (Å²) >= 11 is 0. The van der Waals surface area contributed by atoms with Crippen LogP contribution in [0.25, 0.3) is 0 Å². The fourth-order valence-electron chi connectivity index (χ4n) is 5.81. The largest absolute Gasteiger partial charge is 0.466 e. The summed E-state index contributed by atoms with van der Waals surface area (Å²) in [5.41, 5.74) is 0.753. The molecule has 0 spiro atoms. The lowest BCUT2D eigenvalue weighted by Gasteiger charge is -2.34. The Morgan fingerprint density at radius 2 is 1.83 bits per heavy atom. The quantitative estimate of drug-likeness (QED) is 0.369. The Labute approximate surface area is 208 Å². The van der Waals surface area contributed by atoms with E-state index in [1.54, 1.807) is 6.92 Å². The molecule has 1 unspecified atom stereocenters. The highest BCUT2D eigenvalue weighted by molar-refractivity contribution is 5.96. The molecule has 1 aromatic carbocycles. The number of rotatable bonds is 11. The van der Waals surface area contributed by atoms with Crippen molar-refractivity contribution in [3.05, 3.63) is 48.0 Å². The topological polar surface area (TPSA) is 95.9 Å². The number of hydrogen-bond acceptors (Lipinski definition) is 5. The lowest BCUT2D eigenvalue weighted by molar-refractivity contribution is -0.156. The van der Waals surface area contributed by atoms with Crippen LogP contribution < -0.4 is 5.32 Å². The molecule has 0 bridgehead atoms. The van der Waals surface area contributed by atoms with Crippen LogP contribution in [0.15, 0.2) is 42.5 Å². The van der Waals surface area contributed by atoms with Gasteiger partial charge in [-0.25, -0.2) is 0 Å². The number of carbonyl (C=O) groups is 3. The average Bonchev–Trinajstić information content (AvgIpc) is 3.13. The molecule has 0 aromatic heterocycles. The van der Waals surface area contributed by atoms with E-state index in [9.17, 15) is 19.5 Å². The molecule has 0 saturated carbocycles. The number of nitrogens with zero attached hydrogens (tertiary/aromatic N) is 1. The van der Waals surface area contributed by atoms with Crippen molar-refractivity contribution in [1.82, 2.24) is 10.2 Å². The van der Waals surface area contributed by atoms with Crippen LogP contribution in [0.2, 0.25) is 0 Å². The summed E-state index contributed by atoms with van der Waals surface area (Å²) in [5, 5.41) is 13.5. The second-order valence-electron chi connectivity index (χ2n) is 9.72. The molecule has 7 heteroatoms. The van der Waals surface area contributed by atoms with Gasteiger partial charge in [0.2, 0.25) is 11.8 Å². The van der Waals surface area contributed by atoms with Gasteiger partial charge in [0.25, 0.3) is 0 Å². The van der Waals surface area contributed by atoms with Gasteiger partial charge in [-0.3, -0.25) is 14.4 Å². The molecule has 0 radical (unpaired) electrons. The molecule has 2 amide bonds. The number of benzene rings is 1. The number of carbonyl (C=O) groups excluding carboxylic acids is 3. The second-order valence-corrected chi connectivity index (χ2v) is 9.72. The Balaban J connectivity index is 2.08. The zero-order chi connectivity index (χ0) is 25.5. The van der Waals surface area contributed by atoms with E-state index in [0.717, 1.165) is 31.2 Å². The van der Waals surface area contributed by atoms with Gasteiger partial charge in [0.1, 0.15) is 6.04 Å². The summed E-state index contributed by atoms with van der Waals surface area (Å²) in [7, 11) is 0. The lowest BCUT2D eigenvalue weighted by atomic mass is 9.68. The summed E-state index contributed by atoms with van der Waals surface area (Å²) in [6, 6.07) is 7.72. The van der Waals surface area contributed by atoms with Gasteiger partial charge in [-0.2, -0.15) is 0 Å². The number of fused-ring (bicyclic) bond motifs is 1. The van der Waals surface area contributed by atoms with Gasteiger partial charge in [-0.1, -0.05) is 69.2 Å². The second kappa shape index (κ2) is 12.3. The molecule has 1 aliphatic carbocycles. The zero-order valence-electron chi connectivity index (χ0n) is 21.4. The Morgan fingerprint density at radius 3 is 2.43 bits per heavy atom. The molecular weight excluding hydrogens is 444 g/mol. The number of esters is 1.